The summed E-state index contributed by atoms with van der Waals surface area (Å²) >= 11 is 3.28. The number of nitrogen functional groups attached to an aromatic ring is 1. The van der Waals surface area contributed by atoms with Crippen LogP contribution in [0.4, 0.5) is 11.8 Å². The number of nitrogens with one attached hydrogen (secondary N) is 1. The molecule has 1 aromatic heterocycles. The van der Waals surface area contributed by atoms with Crippen LogP contribution in [0.5, 0.6) is 0 Å². The van der Waals surface area contributed by atoms with E-state index in [9.17, 15) is 0 Å². The molecular formula is C9H11BrN4. The van der Waals surface area contributed by atoms with Crippen molar-refractivity contribution >= 4 is 27.7 Å². The molecule has 74 valence electrons. The quantitative estimate of drug-likeness (QED) is 0.626. The summed E-state index contributed by atoms with van der Waals surface area (Å²) in [6, 6.07) is 2.08. The van der Waals surface area contributed by atoms with E-state index in [1.54, 1.807) is 6.07 Å². The highest BCUT2D eigenvalue weighted by Gasteiger charge is 2.11. The summed E-state index contributed by atoms with van der Waals surface area (Å²) in [5.74, 6) is 1.06. The van der Waals surface area contributed by atoms with Crippen molar-refractivity contribution in [3.63, 3.8) is 0 Å². The second-order valence-electron chi connectivity index (χ2n) is 3.22. The molecule has 0 fully saturated rings. The van der Waals surface area contributed by atoms with Crippen molar-refractivity contribution in [1.82, 2.24) is 9.97 Å². The smallest absolute Gasteiger partial charge is 0.225 e. The van der Waals surface area contributed by atoms with E-state index in [1.807, 2.05) is 0 Å². The zero-order chi connectivity index (χ0) is 9.97. The summed E-state index contributed by atoms with van der Waals surface area (Å²) in [5.41, 5.74) is 5.60. The lowest BCUT2D eigenvalue weighted by Crippen LogP contribution is -2.17. The van der Waals surface area contributed by atoms with Crippen LogP contribution in [0, 0.1) is 0 Å². The molecule has 14 heavy (non-hydrogen) atoms. The lowest BCUT2D eigenvalue weighted by molar-refractivity contribution is 0.773. The summed E-state index contributed by atoms with van der Waals surface area (Å²) < 4.78 is 0.707. The van der Waals surface area contributed by atoms with Crippen LogP contribution < -0.4 is 11.1 Å². The van der Waals surface area contributed by atoms with E-state index in [-0.39, 0.29) is 0 Å². The van der Waals surface area contributed by atoms with Crippen molar-refractivity contribution in [2.24, 2.45) is 0 Å². The van der Waals surface area contributed by atoms with Crippen LogP contribution in [-0.2, 0) is 0 Å². The van der Waals surface area contributed by atoms with E-state index in [2.05, 4.69) is 43.4 Å². The van der Waals surface area contributed by atoms with Gasteiger partial charge in [0, 0.05) is 12.1 Å². The number of anilines is 2. The fourth-order valence-corrected chi connectivity index (χ4v) is 1.82. The van der Waals surface area contributed by atoms with E-state index < -0.39 is 0 Å². The molecule has 2 rings (SSSR count). The fraction of sp³-hybridized carbons (Fsp3) is 0.333. The molecule has 0 unspecified atom stereocenters. The van der Waals surface area contributed by atoms with Crippen LogP contribution in [0.3, 0.4) is 0 Å². The van der Waals surface area contributed by atoms with Crippen LogP contribution in [0.2, 0.25) is 0 Å². The first-order chi connectivity index (χ1) is 6.74. The minimum Gasteiger partial charge on any atom is -0.383 e. The molecule has 4 nitrogen and oxygen atoms in total. The molecule has 5 heteroatoms. The lowest BCUT2D eigenvalue weighted by atomic mass is 10.2. The van der Waals surface area contributed by atoms with Gasteiger partial charge in [0.05, 0.1) is 0 Å². The summed E-state index contributed by atoms with van der Waals surface area (Å²) in [5, 5.41) is 3.23. The van der Waals surface area contributed by atoms with Gasteiger partial charge in [0.2, 0.25) is 5.95 Å². The van der Waals surface area contributed by atoms with Gasteiger partial charge in [-0.05, 0) is 28.8 Å². The number of nitrogens with zero attached hydrogens (tertiary/aromatic N) is 2. The van der Waals surface area contributed by atoms with Crippen molar-refractivity contribution in [2.45, 2.75) is 18.9 Å². The number of rotatable bonds is 2. The molecule has 0 aromatic carbocycles. The van der Waals surface area contributed by atoms with Crippen molar-refractivity contribution in [3.8, 4) is 0 Å². The summed E-state index contributed by atoms with van der Waals surface area (Å²) in [4.78, 5) is 8.28. The van der Waals surface area contributed by atoms with E-state index in [4.69, 9.17) is 5.73 Å². The standard InChI is InChI=1S/C9H11BrN4/c10-7-5-8(11)14-9(13-7)12-6-3-1-2-4-6/h1-2,5-6H,3-4H2,(H3,11,12,13,14). The Bertz CT molecular complexity index is 336. The fourth-order valence-electron chi connectivity index (χ4n) is 1.42. The van der Waals surface area contributed by atoms with E-state index in [0.717, 1.165) is 12.8 Å². The molecule has 0 spiro atoms. The second kappa shape index (κ2) is 3.96. The first kappa shape index (κ1) is 9.45. The highest BCUT2D eigenvalue weighted by molar-refractivity contribution is 9.10. The third kappa shape index (κ3) is 2.23. The van der Waals surface area contributed by atoms with Crippen LogP contribution in [0.25, 0.3) is 0 Å². The van der Waals surface area contributed by atoms with Gasteiger partial charge >= 0.3 is 0 Å². The first-order valence-corrected chi connectivity index (χ1v) is 5.25. The van der Waals surface area contributed by atoms with Crippen molar-refractivity contribution < 1.29 is 0 Å². The largest absolute Gasteiger partial charge is 0.383 e. The average Bonchev–Trinajstić information content (AvgIpc) is 2.54. The Morgan fingerprint density at radius 2 is 2.07 bits per heavy atom. The molecule has 0 amide bonds. The Labute approximate surface area is 90.8 Å². The van der Waals surface area contributed by atoms with Gasteiger partial charge in [-0.3, -0.25) is 0 Å². The number of hydrogen-bond acceptors (Lipinski definition) is 4. The van der Waals surface area contributed by atoms with Gasteiger partial charge in [-0.1, -0.05) is 12.2 Å². The van der Waals surface area contributed by atoms with E-state index in [0.29, 0.717) is 22.4 Å². The minimum absolute atomic E-state index is 0.406. The normalized spacial score (nSPS) is 16.1. The molecular weight excluding hydrogens is 244 g/mol. The van der Waals surface area contributed by atoms with Gasteiger partial charge in [0.15, 0.2) is 0 Å². The number of halogens is 1. The van der Waals surface area contributed by atoms with Gasteiger partial charge in [-0.2, -0.15) is 4.98 Å². The highest BCUT2D eigenvalue weighted by Crippen LogP contribution is 2.17. The molecule has 0 aliphatic heterocycles. The Balaban J connectivity index is 2.08. The van der Waals surface area contributed by atoms with Gasteiger partial charge in [0.1, 0.15) is 10.4 Å². The van der Waals surface area contributed by atoms with Crippen molar-refractivity contribution in [2.75, 3.05) is 11.1 Å². The maximum atomic E-state index is 5.60. The molecule has 0 bridgehead atoms. The second-order valence-corrected chi connectivity index (χ2v) is 4.04. The van der Waals surface area contributed by atoms with Crippen LogP contribution >= 0.6 is 15.9 Å². The molecule has 1 heterocycles. The molecule has 0 saturated heterocycles. The Morgan fingerprint density at radius 1 is 1.36 bits per heavy atom. The molecule has 3 N–H and O–H groups in total. The monoisotopic (exact) mass is 254 g/mol. The number of aromatic nitrogens is 2. The van der Waals surface area contributed by atoms with E-state index >= 15 is 0 Å². The van der Waals surface area contributed by atoms with Gasteiger partial charge in [-0.25, -0.2) is 4.98 Å². The molecule has 1 aromatic rings. The Morgan fingerprint density at radius 3 is 2.71 bits per heavy atom. The van der Waals surface area contributed by atoms with Crippen molar-refractivity contribution in [1.29, 1.82) is 0 Å². The number of nitrogens with two attached hydrogens (primary N) is 1. The topological polar surface area (TPSA) is 63.8 Å². The number of hydrogen-bond donors (Lipinski definition) is 2. The minimum atomic E-state index is 0.406. The van der Waals surface area contributed by atoms with Crippen molar-refractivity contribution in [3.05, 3.63) is 22.8 Å². The molecule has 1 aliphatic carbocycles. The first-order valence-electron chi connectivity index (χ1n) is 4.45. The maximum Gasteiger partial charge on any atom is 0.225 e. The van der Waals surface area contributed by atoms with Crippen LogP contribution in [0.1, 0.15) is 12.8 Å². The molecule has 0 radical (unpaired) electrons. The zero-order valence-corrected chi connectivity index (χ0v) is 9.16. The maximum absolute atomic E-state index is 5.60. The Kier molecular flexibility index (Phi) is 2.67. The summed E-state index contributed by atoms with van der Waals surface area (Å²) in [7, 11) is 0. The molecule has 0 atom stereocenters. The van der Waals surface area contributed by atoms with Gasteiger partial charge in [-0.15, -0.1) is 0 Å². The van der Waals surface area contributed by atoms with Crippen LogP contribution in [-0.4, -0.2) is 16.0 Å². The van der Waals surface area contributed by atoms with Gasteiger partial charge in [0.25, 0.3) is 0 Å². The lowest BCUT2D eigenvalue weighted by Gasteiger charge is -2.11. The Hall–Kier alpha value is -1.10. The molecule has 0 saturated carbocycles. The molecule has 1 aliphatic rings. The predicted molar refractivity (Wildman–Crippen MR) is 59.9 cm³/mol. The summed E-state index contributed by atoms with van der Waals surface area (Å²) in [6.07, 6.45) is 6.35. The van der Waals surface area contributed by atoms with Gasteiger partial charge < -0.3 is 11.1 Å². The highest BCUT2D eigenvalue weighted by atomic mass is 79.9. The SMILES string of the molecule is Nc1cc(Br)nc(NC2CC=CC2)n1. The third-order valence-corrected chi connectivity index (χ3v) is 2.46. The van der Waals surface area contributed by atoms with E-state index in [1.165, 1.54) is 0 Å². The van der Waals surface area contributed by atoms with Crippen LogP contribution in [0.15, 0.2) is 22.8 Å². The average molecular weight is 255 g/mol. The predicted octanol–water partition coefficient (Wildman–Crippen LogP) is 1.95. The zero-order valence-electron chi connectivity index (χ0n) is 7.57. The summed E-state index contributed by atoms with van der Waals surface area (Å²) in [6.45, 7) is 0. The third-order valence-electron chi connectivity index (χ3n) is 2.06.